The number of ether oxygens (including phenoxy) is 1. The first-order valence-corrected chi connectivity index (χ1v) is 6.59. The fourth-order valence-electron chi connectivity index (χ4n) is 2.04. The van der Waals surface area contributed by atoms with Crippen LogP contribution < -0.4 is 10.5 Å². The normalized spacial score (nSPS) is 13.6. The maximum Gasteiger partial charge on any atom is 0.146 e. The predicted molar refractivity (Wildman–Crippen MR) is 75.6 cm³/mol. The number of nitrogens with two attached hydrogens (primary N) is 1. The summed E-state index contributed by atoms with van der Waals surface area (Å²) in [6, 6.07) is 5.59. The van der Waals surface area contributed by atoms with Crippen LogP contribution in [0.1, 0.15) is 26.7 Å². The monoisotopic (exact) mass is 247 g/mol. The zero-order valence-corrected chi connectivity index (χ0v) is 11.1. The molecule has 18 heavy (non-hydrogen) atoms. The van der Waals surface area contributed by atoms with Crippen molar-refractivity contribution < 1.29 is 4.74 Å². The Kier molecular flexibility index (Phi) is 4.07. The van der Waals surface area contributed by atoms with Crippen LogP contribution in [0, 0.1) is 0 Å². The largest absolute Gasteiger partial charge is 0.483 e. The number of fused-ring (bicyclic) bond motifs is 1. The molecule has 98 valence electrons. The number of unbranched alkanes of at least 4 members (excludes halogenated alkanes) is 1. The highest BCUT2D eigenvalue weighted by atomic mass is 16.5. The predicted octanol–water partition coefficient (Wildman–Crippen LogP) is 2.81. The van der Waals surface area contributed by atoms with Gasteiger partial charge in [0.05, 0.1) is 0 Å². The fourth-order valence-corrected chi connectivity index (χ4v) is 2.04. The standard InChI is InChI=1S/C14H21N3O/c1-3-5-8-17(4-2)14-10-18-13-7-6-11(15)9-12(13)16-14/h6-7,9H,3-5,8,10,15H2,1-2H3. The van der Waals surface area contributed by atoms with Gasteiger partial charge in [-0.15, -0.1) is 0 Å². The third kappa shape index (κ3) is 2.75. The lowest BCUT2D eigenvalue weighted by atomic mass is 10.2. The van der Waals surface area contributed by atoms with E-state index in [0.717, 1.165) is 36.0 Å². The highest BCUT2D eigenvalue weighted by molar-refractivity contribution is 5.89. The molecule has 1 aliphatic rings. The van der Waals surface area contributed by atoms with Crippen molar-refractivity contribution in [2.45, 2.75) is 26.7 Å². The van der Waals surface area contributed by atoms with Gasteiger partial charge in [0.2, 0.25) is 0 Å². The fraction of sp³-hybridized carbons (Fsp3) is 0.500. The molecule has 2 rings (SSSR count). The van der Waals surface area contributed by atoms with Crippen LogP contribution in [0.2, 0.25) is 0 Å². The number of aliphatic imine (C=N–C) groups is 1. The lowest BCUT2D eigenvalue weighted by Gasteiger charge is -2.27. The first-order valence-electron chi connectivity index (χ1n) is 6.59. The van der Waals surface area contributed by atoms with Gasteiger partial charge in [-0.05, 0) is 31.5 Å². The van der Waals surface area contributed by atoms with Crippen molar-refractivity contribution in [3.8, 4) is 5.75 Å². The Bertz CT molecular complexity index is 443. The molecule has 0 saturated carbocycles. The van der Waals surface area contributed by atoms with Crippen molar-refractivity contribution in [2.24, 2.45) is 4.99 Å². The van der Waals surface area contributed by atoms with Crippen molar-refractivity contribution in [3.63, 3.8) is 0 Å². The van der Waals surface area contributed by atoms with E-state index in [-0.39, 0.29) is 0 Å². The van der Waals surface area contributed by atoms with Gasteiger partial charge in [0, 0.05) is 18.8 Å². The molecular formula is C14H21N3O. The molecule has 0 spiro atoms. The van der Waals surface area contributed by atoms with E-state index in [1.807, 2.05) is 18.2 Å². The summed E-state index contributed by atoms with van der Waals surface area (Å²) in [6.45, 7) is 6.89. The van der Waals surface area contributed by atoms with Crippen LogP contribution in [-0.2, 0) is 0 Å². The van der Waals surface area contributed by atoms with Crippen LogP contribution in [0.3, 0.4) is 0 Å². The van der Waals surface area contributed by atoms with E-state index in [1.165, 1.54) is 12.8 Å². The molecule has 0 aliphatic carbocycles. The Morgan fingerprint density at radius 2 is 2.22 bits per heavy atom. The van der Waals surface area contributed by atoms with E-state index < -0.39 is 0 Å². The number of hydrogen-bond donors (Lipinski definition) is 1. The van der Waals surface area contributed by atoms with Crippen LogP contribution >= 0.6 is 0 Å². The van der Waals surface area contributed by atoms with Gasteiger partial charge in [-0.2, -0.15) is 0 Å². The van der Waals surface area contributed by atoms with Crippen LogP contribution in [0.25, 0.3) is 0 Å². The van der Waals surface area contributed by atoms with Gasteiger partial charge in [0.1, 0.15) is 23.9 Å². The van der Waals surface area contributed by atoms with Crippen molar-refractivity contribution in [2.75, 3.05) is 25.4 Å². The van der Waals surface area contributed by atoms with E-state index in [9.17, 15) is 0 Å². The molecule has 1 heterocycles. The summed E-state index contributed by atoms with van der Waals surface area (Å²) in [7, 11) is 0. The third-order valence-electron chi connectivity index (χ3n) is 3.12. The van der Waals surface area contributed by atoms with Gasteiger partial charge < -0.3 is 15.4 Å². The summed E-state index contributed by atoms with van der Waals surface area (Å²) >= 11 is 0. The van der Waals surface area contributed by atoms with Crippen LogP contribution in [0.5, 0.6) is 5.75 Å². The second kappa shape index (κ2) is 5.76. The van der Waals surface area contributed by atoms with Crippen molar-refractivity contribution in [3.05, 3.63) is 18.2 Å². The van der Waals surface area contributed by atoms with Gasteiger partial charge in [-0.25, -0.2) is 4.99 Å². The molecule has 0 unspecified atom stereocenters. The lowest BCUT2D eigenvalue weighted by Crippen LogP contribution is -2.36. The molecule has 1 aromatic rings. The van der Waals surface area contributed by atoms with Crippen LogP contribution in [0.4, 0.5) is 11.4 Å². The Labute approximate surface area is 108 Å². The molecule has 0 fully saturated rings. The zero-order chi connectivity index (χ0) is 13.0. The van der Waals surface area contributed by atoms with E-state index in [4.69, 9.17) is 10.5 Å². The second-order valence-electron chi connectivity index (χ2n) is 4.48. The average Bonchev–Trinajstić information content (AvgIpc) is 2.39. The minimum absolute atomic E-state index is 0.550. The average molecular weight is 247 g/mol. The van der Waals surface area contributed by atoms with Gasteiger partial charge in [-0.3, -0.25) is 0 Å². The summed E-state index contributed by atoms with van der Waals surface area (Å²) in [5.41, 5.74) is 7.34. The number of anilines is 1. The summed E-state index contributed by atoms with van der Waals surface area (Å²) in [4.78, 5) is 6.94. The molecule has 0 radical (unpaired) electrons. The summed E-state index contributed by atoms with van der Waals surface area (Å²) in [5, 5.41) is 0. The maximum atomic E-state index is 5.78. The molecule has 2 N–H and O–H groups in total. The first-order chi connectivity index (χ1) is 8.74. The van der Waals surface area contributed by atoms with E-state index in [1.54, 1.807) is 0 Å². The van der Waals surface area contributed by atoms with Gasteiger partial charge in [0.15, 0.2) is 0 Å². The van der Waals surface area contributed by atoms with E-state index in [2.05, 4.69) is 23.7 Å². The Morgan fingerprint density at radius 3 is 2.94 bits per heavy atom. The molecule has 0 atom stereocenters. The minimum Gasteiger partial charge on any atom is -0.483 e. The van der Waals surface area contributed by atoms with Crippen molar-refractivity contribution in [1.82, 2.24) is 4.90 Å². The van der Waals surface area contributed by atoms with Gasteiger partial charge in [0.25, 0.3) is 0 Å². The van der Waals surface area contributed by atoms with Crippen molar-refractivity contribution in [1.29, 1.82) is 0 Å². The molecular weight excluding hydrogens is 226 g/mol. The topological polar surface area (TPSA) is 50.8 Å². The highest BCUT2D eigenvalue weighted by Gasteiger charge is 2.17. The van der Waals surface area contributed by atoms with Crippen LogP contribution in [0.15, 0.2) is 23.2 Å². The SMILES string of the molecule is CCCCN(CC)C1=Nc2cc(N)ccc2OC1. The number of amidine groups is 1. The zero-order valence-electron chi connectivity index (χ0n) is 11.1. The van der Waals surface area contributed by atoms with Gasteiger partial charge in [-0.1, -0.05) is 13.3 Å². The van der Waals surface area contributed by atoms with Crippen molar-refractivity contribution >= 4 is 17.2 Å². The number of nitrogens with zero attached hydrogens (tertiary/aromatic N) is 2. The molecule has 0 bridgehead atoms. The summed E-state index contributed by atoms with van der Waals surface area (Å²) < 4.78 is 5.73. The molecule has 4 heteroatoms. The number of rotatable bonds is 4. The van der Waals surface area contributed by atoms with E-state index >= 15 is 0 Å². The lowest BCUT2D eigenvalue weighted by molar-refractivity contribution is 0.330. The number of nitrogen functional groups attached to an aromatic ring is 1. The smallest absolute Gasteiger partial charge is 0.146 e. The van der Waals surface area contributed by atoms with E-state index in [0.29, 0.717) is 6.61 Å². The molecule has 1 aliphatic heterocycles. The van der Waals surface area contributed by atoms with Crippen LogP contribution in [-0.4, -0.2) is 30.4 Å². The number of hydrogen-bond acceptors (Lipinski definition) is 4. The molecule has 0 aromatic heterocycles. The second-order valence-corrected chi connectivity index (χ2v) is 4.48. The molecule has 0 amide bonds. The maximum absolute atomic E-state index is 5.78. The van der Waals surface area contributed by atoms with Gasteiger partial charge >= 0.3 is 0 Å². The Hall–Kier alpha value is -1.71. The Balaban J connectivity index is 2.19. The summed E-state index contributed by atoms with van der Waals surface area (Å²) in [5.74, 6) is 1.82. The number of likely N-dealkylation sites (N-methyl/N-ethyl adjacent to an activating group) is 1. The minimum atomic E-state index is 0.550. The summed E-state index contributed by atoms with van der Waals surface area (Å²) in [6.07, 6.45) is 2.37. The molecule has 0 saturated heterocycles. The highest BCUT2D eigenvalue weighted by Crippen LogP contribution is 2.32. The first kappa shape index (κ1) is 12.7. The number of benzene rings is 1. The molecule has 1 aromatic carbocycles. The molecule has 4 nitrogen and oxygen atoms in total. The Morgan fingerprint density at radius 1 is 1.39 bits per heavy atom. The third-order valence-corrected chi connectivity index (χ3v) is 3.12. The quantitative estimate of drug-likeness (QED) is 0.832.